The van der Waals surface area contributed by atoms with E-state index in [2.05, 4.69) is 40.6 Å². The first-order chi connectivity index (χ1) is 10.0. The number of aryl methyl sites for hydroxylation is 1. The Morgan fingerprint density at radius 1 is 1.48 bits per heavy atom. The van der Waals surface area contributed by atoms with Gasteiger partial charge in [0.1, 0.15) is 4.88 Å². The molecule has 118 valence electrons. The number of rotatable bonds is 5. The molecule has 0 spiro atoms. The van der Waals surface area contributed by atoms with E-state index in [-0.39, 0.29) is 24.2 Å². The SMILES string of the molecule is CCc1nnsc1C(=O)NC[C@H](C)N1C[C@@H](C)O[C@H](C)C1. The van der Waals surface area contributed by atoms with Crippen molar-refractivity contribution in [1.82, 2.24) is 19.8 Å². The Bertz CT molecular complexity index is 469. The van der Waals surface area contributed by atoms with Gasteiger partial charge in [-0.05, 0) is 38.7 Å². The van der Waals surface area contributed by atoms with E-state index in [0.717, 1.165) is 36.7 Å². The minimum atomic E-state index is -0.0666. The molecule has 3 atom stereocenters. The van der Waals surface area contributed by atoms with Crippen molar-refractivity contribution in [2.24, 2.45) is 0 Å². The zero-order valence-corrected chi connectivity index (χ0v) is 13.9. The molecule has 2 heterocycles. The third-order valence-electron chi connectivity index (χ3n) is 3.73. The number of aromatic nitrogens is 2. The smallest absolute Gasteiger partial charge is 0.265 e. The van der Waals surface area contributed by atoms with Gasteiger partial charge in [-0.1, -0.05) is 11.4 Å². The third-order valence-corrected chi connectivity index (χ3v) is 4.49. The fourth-order valence-corrected chi connectivity index (χ4v) is 3.31. The molecule has 0 unspecified atom stereocenters. The summed E-state index contributed by atoms with van der Waals surface area (Å²) >= 11 is 1.16. The highest BCUT2D eigenvalue weighted by molar-refractivity contribution is 7.08. The van der Waals surface area contributed by atoms with E-state index in [1.807, 2.05) is 6.92 Å². The quantitative estimate of drug-likeness (QED) is 0.888. The summed E-state index contributed by atoms with van der Waals surface area (Å²) in [6.07, 6.45) is 1.21. The van der Waals surface area contributed by atoms with Crippen LogP contribution in [0.1, 0.15) is 43.1 Å². The molecule has 1 saturated heterocycles. The highest BCUT2D eigenvalue weighted by atomic mass is 32.1. The first kappa shape index (κ1) is 16.3. The van der Waals surface area contributed by atoms with Crippen LogP contribution in [0.5, 0.6) is 0 Å². The van der Waals surface area contributed by atoms with Crippen molar-refractivity contribution in [2.75, 3.05) is 19.6 Å². The highest BCUT2D eigenvalue weighted by Gasteiger charge is 2.26. The molecule has 0 aromatic carbocycles. The van der Waals surface area contributed by atoms with Crippen LogP contribution < -0.4 is 5.32 Å². The molecule has 0 aliphatic carbocycles. The summed E-state index contributed by atoms with van der Waals surface area (Å²) < 4.78 is 9.59. The summed E-state index contributed by atoms with van der Waals surface area (Å²) in [7, 11) is 0. The van der Waals surface area contributed by atoms with E-state index in [1.165, 1.54) is 0 Å². The molecule has 0 saturated carbocycles. The van der Waals surface area contributed by atoms with Crippen LogP contribution in [-0.4, -0.2) is 58.3 Å². The second-order valence-corrected chi connectivity index (χ2v) is 6.43. The monoisotopic (exact) mass is 312 g/mol. The van der Waals surface area contributed by atoms with Gasteiger partial charge in [-0.3, -0.25) is 9.69 Å². The van der Waals surface area contributed by atoms with E-state index in [4.69, 9.17) is 4.74 Å². The van der Waals surface area contributed by atoms with Gasteiger partial charge in [-0.15, -0.1) is 5.10 Å². The maximum Gasteiger partial charge on any atom is 0.265 e. The summed E-state index contributed by atoms with van der Waals surface area (Å²) in [5.41, 5.74) is 0.777. The number of hydrogen-bond donors (Lipinski definition) is 1. The van der Waals surface area contributed by atoms with E-state index < -0.39 is 0 Å². The number of ether oxygens (including phenoxy) is 1. The van der Waals surface area contributed by atoms with Crippen LogP contribution in [0.2, 0.25) is 0 Å². The fourth-order valence-electron chi connectivity index (χ4n) is 2.64. The first-order valence-corrected chi connectivity index (χ1v) is 8.27. The van der Waals surface area contributed by atoms with Crippen LogP contribution >= 0.6 is 11.5 Å². The fraction of sp³-hybridized carbons (Fsp3) is 0.786. The summed E-state index contributed by atoms with van der Waals surface area (Å²) in [6, 6.07) is 0.286. The van der Waals surface area contributed by atoms with Crippen molar-refractivity contribution in [3.05, 3.63) is 10.6 Å². The van der Waals surface area contributed by atoms with Gasteiger partial charge in [0.15, 0.2) is 0 Å². The van der Waals surface area contributed by atoms with Gasteiger partial charge in [0.25, 0.3) is 5.91 Å². The van der Waals surface area contributed by atoms with E-state index in [9.17, 15) is 4.79 Å². The predicted molar refractivity (Wildman–Crippen MR) is 82.7 cm³/mol. The minimum Gasteiger partial charge on any atom is -0.373 e. The number of amides is 1. The Hall–Kier alpha value is -1.05. The largest absolute Gasteiger partial charge is 0.373 e. The zero-order chi connectivity index (χ0) is 15.4. The lowest BCUT2D eigenvalue weighted by Gasteiger charge is -2.38. The van der Waals surface area contributed by atoms with Gasteiger partial charge in [0.2, 0.25) is 0 Å². The summed E-state index contributed by atoms with van der Waals surface area (Å²) in [5.74, 6) is -0.0666. The average molecular weight is 312 g/mol. The number of nitrogens with zero attached hydrogens (tertiary/aromatic N) is 3. The van der Waals surface area contributed by atoms with Crippen LogP contribution in [0.25, 0.3) is 0 Å². The lowest BCUT2D eigenvalue weighted by molar-refractivity contribution is -0.0778. The molecule has 0 radical (unpaired) electrons. The number of nitrogens with one attached hydrogen (secondary N) is 1. The molecule has 1 N–H and O–H groups in total. The van der Waals surface area contributed by atoms with E-state index >= 15 is 0 Å². The van der Waals surface area contributed by atoms with Crippen molar-refractivity contribution >= 4 is 17.4 Å². The van der Waals surface area contributed by atoms with Crippen LogP contribution in [0.15, 0.2) is 0 Å². The van der Waals surface area contributed by atoms with Gasteiger partial charge in [0.05, 0.1) is 17.9 Å². The Labute approximate surface area is 130 Å². The maximum atomic E-state index is 12.2. The molecule has 1 aromatic heterocycles. The Balaban J connectivity index is 1.86. The third kappa shape index (κ3) is 4.21. The molecule has 0 bridgehead atoms. The maximum absolute atomic E-state index is 12.2. The molecule has 1 aliphatic heterocycles. The molecular formula is C14H24N4O2S. The lowest BCUT2D eigenvalue weighted by atomic mass is 10.1. The van der Waals surface area contributed by atoms with E-state index in [1.54, 1.807) is 0 Å². The van der Waals surface area contributed by atoms with Crippen LogP contribution in [0.3, 0.4) is 0 Å². The first-order valence-electron chi connectivity index (χ1n) is 7.50. The summed E-state index contributed by atoms with van der Waals surface area (Å²) in [6.45, 7) is 10.7. The number of carbonyl (C=O) groups is 1. The Morgan fingerprint density at radius 2 is 2.14 bits per heavy atom. The minimum absolute atomic E-state index is 0.0666. The van der Waals surface area contributed by atoms with Crippen LogP contribution in [-0.2, 0) is 11.2 Å². The van der Waals surface area contributed by atoms with Crippen LogP contribution in [0.4, 0.5) is 0 Å². The Morgan fingerprint density at radius 3 is 2.76 bits per heavy atom. The summed E-state index contributed by atoms with van der Waals surface area (Å²) in [5, 5.41) is 6.97. The van der Waals surface area contributed by atoms with E-state index in [0.29, 0.717) is 11.4 Å². The normalized spacial score (nSPS) is 24.8. The predicted octanol–water partition coefficient (Wildman–Crippen LogP) is 1.33. The second kappa shape index (κ2) is 7.29. The van der Waals surface area contributed by atoms with Crippen molar-refractivity contribution in [3.8, 4) is 0 Å². The van der Waals surface area contributed by atoms with Crippen molar-refractivity contribution in [3.63, 3.8) is 0 Å². The molecule has 1 fully saturated rings. The number of hydrogen-bond acceptors (Lipinski definition) is 6. The lowest BCUT2D eigenvalue weighted by Crippen LogP contribution is -2.52. The molecule has 1 amide bonds. The van der Waals surface area contributed by atoms with Gasteiger partial charge < -0.3 is 10.1 Å². The molecule has 1 aliphatic rings. The molecule has 1 aromatic rings. The van der Waals surface area contributed by atoms with Gasteiger partial charge >= 0.3 is 0 Å². The molecule has 7 heteroatoms. The second-order valence-electron chi connectivity index (χ2n) is 5.67. The molecular weight excluding hydrogens is 288 g/mol. The molecule has 2 rings (SSSR count). The molecule has 6 nitrogen and oxygen atoms in total. The van der Waals surface area contributed by atoms with Crippen molar-refractivity contribution in [2.45, 2.75) is 52.4 Å². The molecule has 21 heavy (non-hydrogen) atoms. The number of carbonyl (C=O) groups excluding carboxylic acids is 1. The average Bonchev–Trinajstić information content (AvgIpc) is 2.91. The Kier molecular flexibility index (Phi) is 5.66. The van der Waals surface area contributed by atoms with Crippen LogP contribution in [0, 0.1) is 0 Å². The zero-order valence-electron chi connectivity index (χ0n) is 13.1. The van der Waals surface area contributed by atoms with Crippen molar-refractivity contribution in [1.29, 1.82) is 0 Å². The van der Waals surface area contributed by atoms with Gasteiger partial charge in [-0.2, -0.15) is 0 Å². The summed E-state index contributed by atoms with van der Waals surface area (Å²) in [4.78, 5) is 15.2. The van der Waals surface area contributed by atoms with Gasteiger partial charge in [0, 0.05) is 25.7 Å². The van der Waals surface area contributed by atoms with Gasteiger partial charge in [-0.25, -0.2) is 0 Å². The highest BCUT2D eigenvalue weighted by Crippen LogP contribution is 2.14. The standard InChI is InChI=1S/C14H24N4O2S/c1-5-12-13(21-17-16-12)14(19)15-6-9(2)18-7-10(3)20-11(4)8-18/h9-11H,5-8H2,1-4H3,(H,15,19)/t9-,10+,11+/m0/s1. The van der Waals surface area contributed by atoms with Crippen molar-refractivity contribution < 1.29 is 9.53 Å². The number of morpholine rings is 1. The topological polar surface area (TPSA) is 67.4 Å².